The molecule has 0 atom stereocenters. The van der Waals surface area contributed by atoms with Crippen molar-refractivity contribution in [1.29, 1.82) is 0 Å². The molecular formula is C30H41N5OSi. The van der Waals surface area contributed by atoms with Crippen LogP contribution in [-0.2, 0) is 10.8 Å². The second-order valence-corrected chi connectivity index (χ2v) is 16.2. The Balaban J connectivity index is 1.31. The number of hydrogen-bond donors (Lipinski definition) is 1. The Kier molecular flexibility index (Phi) is 8.45. The van der Waals surface area contributed by atoms with Gasteiger partial charge in [0.05, 0.1) is 29.0 Å². The lowest BCUT2D eigenvalue weighted by molar-refractivity contribution is 0.292. The molecule has 7 heteroatoms. The van der Waals surface area contributed by atoms with Gasteiger partial charge in [0.25, 0.3) is 0 Å². The first-order chi connectivity index (χ1) is 17.7. The summed E-state index contributed by atoms with van der Waals surface area (Å²) in [7, 11) is -1.71. The Morgan fingerprint density at radius 3 is 2.54 bits per heavy atom. The first kappa shape index (κ1) is 27.0. The van der Waals surface area contributed by atoms with E-state index in [4.69, 9.17) is 20.1 Å². The van der Waals surface area contributed by atoms with Crippen molar-refractivity contribution in [3.05, 3.63) is 72.2 Å². The summed E-state index contributed by atoms with van der Waals surface area (Å²) in [5.41, 5.74) is 11.8. The molecule has 6 nitrogen and oxygen atoms in total. The summed E-state index contributed by atoms with van der Waals surface area (Å²) < 4.78 is 6.39. The van der Waals surface area contributed by atoms with Crippen LogP contribution >= 0.6 is 0 Å². The number of allylic oxidation sites excluding steroid dienone is 1. The number of benzene rings is 2. The Hall–Kier alpha value is -3.03. The SMILES string of the molecule is CC(C)(C)[Si](C)(C)OCCc1cccc(N2CCC(N=CC(=CN)c3cnc4ccccc4n3)CC2)c1. The van der Waals surface area contributed by atoms with Gasteiger partial charge in [0.1, 0.15) is 0 Å². The highest BCUT2D eigenvalue weighted by atomic mass is 28.4. The van der Waals surface area contributed by atoms with E-state index < -0.39 is 8.32 Å². The molecule has 0 aliphatic carbocycles. The number of para-hydroxylation sites is 2. The van der Waals surface area contributed by atoms with Gasteiger partial charge in [-0.25, -0.2) is 4.98 Å². The molecule has 0 amide bonds. The van der Waals surface area contributed by atoms with Crippen molar-refractivity contribution in [2.75, 3.05) is 24.6 Å². The van der Waals surface area contributed by atoms with Crippen LogP contribution in [0.25, 0.3) is 16.6 Å². The number of fused-ring (bicyclic) bond motifs is 1. The second-order valence-electron chi connectivity index (χ2n) is 11.4. The highest BCUT2D eigenvalue weighted by Crippen LogP contribution is 2.36. The number of nitrogens with zero attached hydrogens (tertiary/aromatic N) is 4. The average Bonchev–Trinajstić information content (AvgIpc) is 2.89. The summed E-state index contributed by atoms with van der Waals surface area (Å²) in [6.07, 6.45) is 8.17. The van der Waals surface area contributed by atoms with Gasteiger partial charge >= 0.3 is 0 Å². The van der Waals surface area contributed by atoms with Crippen LogP contribution in [0.2, 0.25) is 18.1 Å². The third-order valence-electron chi connectivity index (χ3n) is 7.75. The Morgan fingerprint density at radius 1 is 1.11 bits per heavy atom. The second kappa shape index (κ2) is 11.6. The van der Waals surface area contributed by atoms with Gasteiger partial charge in [0, 0.05) is 43.4 Å². The maximum atomic E-state index is 6.39. The monoisotopic (exact) mass is 515 g/mol. The summed E-state index contributed by atoms with van der Waals surface area (Å²) in [5.74, 6) is 0. The largest absolute Gasteiger partial charge is 0.416 e. The summed E-state index contributed by atoms with van der Waals surface area (Å²) in [5, 5.41) is 0.241. The maximum Gasteiger partial charge on any atom is 0.191 e. The fourth-order valence-electron chi connectivity index (χ4n) is 4.30. The van der Waals surface area contributed by atoms with Crippen molar-refractivity contribution in [1.82, 2.24) is 9.97 Å². The number of nitrogens with two attached hydrogens (primary N) is 1. The fourth-order valence-corrected chi connectivity index (χ4v) is 5.34. The molecule has 2 aromatic carbocycles. The van der Waals surface area contributed by atoms with Crippen molar-refractivity contribution >= 4 is 36.8 Å². The molecule has 1 fully saturated rings. The maximum absolute atomic E-state index is 6.39. The van der Waals surface area contributed by atoms with E-state index in [0.29, 0.717) is 0 Å². The third kappa shape index (κ3) is 6.84. The molecule has 2 heterocycles. The molecule has 0 saturated carbocycles. The molecule has 4 rings (SSSR count). The summed E-state index contributed by atoms with van der Waals surface area (Å²) in [4.78, 5) is 16.5. The van der Waals surface area contributed by atoms with Crippen LogP contribution in [0.15, 0.2) is 65.9 Å². The Labute approximate surface area is 222 Å². The smallest absolute Gasteiger partial charge is 0.191 e. The van der Waals surface area contributed by atoms with Crippen molar-refractivity contribution < 1.29 is 4.43 Å². The number of aromatic nitrogens is 2. The van der Waals surface area contributed by atoms with Crippen molar-refractivity contribution in [2.45, 2.75) is 64.2 Å². The van der Waals surface area contributed by atoms with Gasteiger partial charge < -0.3 is 15.1 Å². The highest BCUT2D eigenvalue weighted by molar-refractivity contribution is 6.74. The number of rotatable bonds is 8. The van der Waals surface area contributed by atoms with Crippen LogP contribution in [0.3, 0.4) is 0 Å². The van der Waals surface area contributed by atoms with Crippen LogP contribution in [0.4, 0.5) is 5.69 Å². The average molecular weight is 516 g/mol. The van der Waals surface area contributed by atoms with E-state index in [1.807, 2.05) is 30.5 Å². The standard InChI is InChI=1S/C30H41N5OSi/c1-30(2,3)37(4,5)36-18-15-23-9-8-10-26(19-23)35-16-13-25(14-17-35)32-21-24(20-31)29-22-33-27-11-6-7-12-28(27)34-29/h6-12,19-22,25H,13-18,31H2,1-5H3. The first-order valence-electron chi connectivity index (χ1n) is 13.3. The molecule has 1 aliphatic rings. The van der Waals surface area contributed by atoms with Crippen LogP contribution in [-0.4, -0.2) is 50.2 Å². The van der Waals surface area contributed by atoms with Crippen molar-refractivity contribution in [3.63, 3.8) is 0 Å². The normalized spacial score (nSPS) is 16.1. The lowest BCUT2D eigenvalue weighted by Gasteiger charge is -2.36. The minimum atomic E-state index is -1.71. The number of piperidine rings is 1. The summed E-state index contributed by atoms with van der Waals surface area (Å²) in [6.45, 7) is 14.3. The van der Waals surface area contributed by atoms with E-state index in [1.54, 1.807) is 12.4 Å². The highest BCUT2D eigenvalue weighted by Gasteiger charge is 2.36. The zero-order valence-corrected chi connectivity index (χ0v) is 23.9. The van der Waals surface area contributed by atoms with E-state index in [1.165, 1.54) is 11.3 Å². The molecular weight excluding hydrogens is 474 g/mol. The van der Waals surface area contributed by atoms with Gasteiger partial charge in [-0.3, -0.25) is 9.98 Å². The predicted octanol–water partition coefficient (Wildman–Crippen LogP) is 6.23. The lowest BCUT2D eigenvalue weighted by atomic mass is 10.0. The Bertz CT molecular complexity index is 1260. The molecule has 3 aromatic rings. The van der Waals surface area contributed by atoms with Crippen LogP contribution in [0.5, 0.6) is 0 Å². The van der Waals surface area contributed by atoms with E-state index in [0.717, 1.165) is 61.3 Å². The van der Waals surface area contributed by atoms with E-state index in [-0.39, 0.29) is 11.1 Å². The number of anilines is 1. The van der Waals surface area contributed by atoms with Gasteiger partial charge in [-0.1, -0.05) is 45.0 Å². The minimum absolute atomic E-state index is 0.241. The molecule has 1 saturated heterocycles. The van der Waals surface area contributed by atoms with Crippen LogP contribution < -0.4 is 10.6 Å². The first-order valence-corrected chi connectivity index (χ1v) is 16.2. The van der Waals surface area contributed by atoms with E-state index in [9.17, 15) is 0 Å². The van der Waals surface area contributed by atoms with Crippen LogP contribution in [0.1, 0.15) is 44.9 Å². The minimum Gasteiger partial charge on any atom is -0.416 e. The van der Waals surface area contributed by atoms with Gasteiger partial charge in [-0.05, 0) is 67.2 Å². The molecule has 0 unspecified atom stereocenters. The lowest BCUT2D eigenvalue weighted by Crippen LogP contribution is -2.41. The number of aliphatic imine (C=N–C) groups is 1. The van der Waals surface area contributed by atoms with Crippen LogP contribution in [0, 0.1) is 0 Å². The zero-order chi connectivity index (χ0) is 26.5. The predicted molar refractivity (Wildman–Crippen MR) is 159 cm³/mol. The van der Waals surface area contributed by atoms with Crippen molar-refractivity contribution in [2.24, 2.45) is 10.7 Å². The quantitative estimate of drug-likeness (QED) is 0.284. The van der Waals surface area contributed by atoms with Gasteiger partial charge in [-0.2, -0.15) is 0 Å². The number of hydrogen-bond acceptors (Lipinski definition) is 6. The van der Waals surface area contributed by atoms with Gasteiger partial charge in [0.2, 0.25) is 0 Å². The van der Waals surface area contributed by atoms with E-state index in [2.05, 4.69) is 68.0 Å². The molecule has 0 bridgehead atoms. The summed E-state index contributed by atoms with van der Waals surface area (Å²) in [6, 6.07) is 17.1. The molecule has 1 aromatic heterocycles. The van der Waals surface area contributed by atoms with Crippen molar-refractivity contribution in [3.8, 4) is 0 Å². The molecule has 37 heavy (non-hydrogen) atoms. The van der Waals surface area contributed by atoms with Gasteiger partial charge in [-0.15, -0.1) is 0 Å². The molecule has 2 N–H and O–H groups in total. The topological polar surface area (TPSA) is 76.6 Å². The molecule has 196 valence electrons. The molecule has 0 spiro atoms. The summed E-state index contributed by atoms with van der Waals surface area (Å²) >= 11 is 0. The van der Waals surface area contributed by atoms with E-state index >= 15 is 0 Å². The molecule has 0 radical (unpaired) electrons. The Morgan fingerprint density at radius 2 is 1.84 bits per heavy atom. The van der Waals surface area contributed by atoms with Gasteiger partial charge in [0.15, 0.2) is 8.32 Å². The fraction of sp³-hybridized carbons (Fsp3) is 0.433. The third-order valence-corrected chi connectivity index (χ3v) is 12.3. The zero-order valence-electron chi connectivity index (χ0n) is 22.9. The molecule has 1 aliphatic heterocycles.